The van der Waals surface area contributed by atoms with Gasteiger partial charge in [-0.3, -0.25) is 0 Å². The second kappa shape index (κ2) is 2.74. The lowest BCUT2D eigenvalue weighted by Crippen LogP contribution is -2.12. The van der Waals surface area contributed by atoms with E-state index in [1.165, 1.54) is 0 Å². The first kappa shape index (κ1) is 7.78. The topological polar surface area (TPSA) is 55.1 Å². The summed E-state index contributed by atoms with van der Waals surface area (Å²) in [5.41, 5.74) is 1.47. The maximum Gasteiger partial charge on any atom is 0.432 e. The Balaban J connectivity index is 3.12. The van der Waals surface area contributed by atoms with Crippen LogP contribution in [0.3, 0.4) is 0 Å². The highest BCUT2D eigenvalue weighted by atomic mass is 16.4. The van der Waals surface area contributed by atoms with Gasteiger partial charge in [-0.05, 0) is 19.4 Å². The molecule has 60 valence electrons. The summed E-state index contributed by atoms with van der Waals surface area (Å²) in [7, 11) is 0. The fourth-order valence-electron chi connectivity index (χ4n) is 0.971. The third-order valence-electron chi connectivity index (χ3n) is 1.45. The lowest BCUT2D eigenvalue weighted by Gasteiger charge is -1.95. The van der Waals surface area contributed by atoms with Gasteiger partial charge in [-0.15, -0.1) is 0 Å². The first-order valence-corrected chi connectivity index (χ1v) is 3.44. The molecule has 1 heterocycles. The first-order valence-electron chi connectivity index (χ1n) is 3.44. The molecule has 4 nitrogen and oxygen atoms in total. The summed E-state index contributed by atoms with van der Waals surface area (Å²) in [6, 6.07) is 1.77. The van der Waals surface area contributed by atoms with E-state index in [4.69, 9.17) is 5.11 Å². The van der Waals surface area contributed by atoms with Crippen LogP contribution in [0.4, 0.5) is 4.79 Å². The Bertz CT molecular complexity index is 278. The van der Waals surface area contributed by atoms with E-state index in [2.05, 4.69) is 5.10 Å². The Morgan fingerprint density at radius 2 is 2.45 bits per heavy atom. The van der Waals surface area contributed by atoms with Crippen molar-refractivity contribution < 1.29 is 9.90 Å². The second-order valence-corrected chi connectivity index (χ2v) is 2.32. The molecule has 0 radical (unpaired) electrons. The van der Waals surface area contributed by atoms with Crippen LogP contribution in [0.2, 0.25) is 0 Å². The number of rotatable bonds is 1. The molecule has 0 fully saturated rings. The molecular weight excluding hydrogens is 144 g/mol. The zero-order valence-corrected chi connectivity index (χ0v) is 6.53. The Morgan fingerprint density at radius 3 is 2.82 bits per heavy atom. The number of aromatic nitrogens is 2. The summed E-state index contributed by atoms with van der Waals surface area (Å²) < 4.78 is 1.01. The van der Waals surface area contributed by atoms with Crippen molar-refractivity contribution in [1.82, 2.24) is 9.78 Å². The van der Waals surface area contributed by atoms with E-state index in [9.17, 15) is 4.79 Å². The predicted octanol–water partition coefficient (Wildman–Crippen LogP) is 1.28. The minimum absolute atomic E-state index is 0.688. The Labute approximate surface area is 64.5 Å². The van der Waals surface area contributed by atoms with Crippen molar-refractivity contribution in [2.75, 3.05) is 0 Å². The molecule has 0 amide bonds. The summed E-state index contributed by atoms with van der Waals surface area (Å²) in [4.78, 5) is 10.5. The van der Waals surface area contributed by atoms with E-state index in [0.717, 1.165) is 16.1 Å². The third-order valence-corrected chi connectivity index (χ3v) is 1.45. The van der Waals surface area contributed by atoms with Crippen LogP contribution < -0.4 is 0 Å². The molecule has 0 atom stereocenters. The molecule has 0 spiro atoms. The maximum absolute atomic E-state index is 10.5. The predicted molar refractivity (Wildman–Crippen MR) is 39.8 cm³/mol. The van der Waals surface area contributed by atoms with E-state index in [-0.39, 0.29) is 0 Å². The molecule has 11 heavy (non-hydrogen) atoms. The van der Waals surface area contributed by atoms with Gasteiger partial charge in [0.15, 0.2) is 0 Å². The number of hydrogen-bond donors (Lipinski definition) is 1. The minimum atomic E-state index is -1.02. The van der Waals surface area contributed by atoms with E-state index < -0.39 is 6.09 Å². The van der Waals surface area contributed by atoms with Gasteiger partial charge >= 0.3 is 6.09 Å². The van der Waals surface area contributed by atoms with Crippen LogP contribution in [0.5, 0.6) is 0 Å². The molecule has 0 aromatic carbocycles. The average molecular weight is 154 g/mol. The van der Waals surface area contributed by atoms with Crippen LogP contribution in [-0.4, -0.2) is 21.0 Å². The molecule has 1 aromatic heterocycles. The summed E-state index contributed by atoms with van der Waals surface area (Å²) in [5.74, 6) is 0. The van der Waals surface area contributed by atoms with Crippen molar-refractivity contribution in [3.8, 4) is 0 Å². The third kappa shape index (κ3) is 1.39. The molecule has 0 saturated carbocycles. The van der Waals surface area contributed by atoms with Gasteiger partial charge in [0, 0.05) is 0 Å². The average Bonchev–Trinajstić information content (AvgIpc) is 2.30. The van der Waals surface area contributed by atoms with E-state index in [1.807, 2.05) is 6.92 Å². The molecule has 0 aliphatic heterocycles. The van der Waals surface area contributed by atoms with Gasteiger partial charge in [0.05, 0.1) is 11.4 Å². The van der Waals surface area contributed by atoms with E-state index >= 15 is 0 Å². The van der Waals surface area contributed by atoms with Crippen molar-refractivity contribution >= 4 is 6.09 Å². The number of nitrogens with zero attached hydrogens (tertiary/aromatic N) is 2. The number of aryl methyl sites for hydroxylation is 2. The summed E-state index contributed by atoms with van der Waals surface area (Å²) in [6.07, 6.45) is -0.331. The van der Waals surface area contributed by atoms with Gasteiger partial charge in [-0.2, -0.15) is 9.78 Å². The molecule has 0 bridgehead atoms. The van der Waals surface area contributed by atoms with Crippen molar-refractivity contribution in [3.63, 3.8) is 0 Å². The Kier molecular flexibility index (Phi) is 1.94. The standard InChI is InChI=1S/C7H10N2O2/c1-3-6-4-5(2)8-9(6)7(10)11/h4H,3H2,1-2H3,(H,10,11). The van der Waals surface area contributed by atoms with Crippen molar-refractivity contribution in [2.45, 2.75) is 20.3 Å². The molecular formula is C7H10N2O2. The summed E-state index contributed by atoms with van der Waals surface area (Å²) in [5, 5.41) is 12.4. The smallest absolute Gasteiger partial charge is 0.432 e. The molecule has 1 N–H and O–H groups in total. The van der Waals surface area contributed by atoms with Crippen LogP contribution in [0, 0.1) is 6.92 Å². The zero-order chi connectivity index (χ0) is 8.43. The van der Waals surface area contributed by atoms with Gasteiger partial charge in [-0.1, -0.05) is 6.92 Å². The van der Waals surface area contributed by atoms with Gasteiger partial charge in [0.1, 0.15) is 0 Å². The van der Waals surface area contributed by atoms with Crippen LogP contribution in [0.1, 0.15) is 18.3 Å². The fourth-order valence-corrected chi connectivity index (χ4v) is 0.971. The first-order chi connectivity index (χ1) is 5.15. The lowest BCUT2D eigenvalue weighted by molar-refractivity contribution is 0.191. The highest BCUT2D eigenvalue weighted by molar-refractivity contribution is 5.67. The molecule has 1 aromatic rings. The summed E-state index contributed by atoms with van der Waals surface area (Å²) in [6.45, 7) is 3.68. The van der Waals surface area contributed by atoms with Gasteiger partial charge in [0.25, 0.3) is 0 Å². The molecule has 0 unspecified atom stereocenters. The van der Waals surface area contributed by atoms with Crippen LogP contribution in [0.15, 0.2) is 6.07 Å². The maximum atomic E-state index is 10.5. The fraction of sp³-hybridized carbons (Fsp3) is 0.429. The van der Waals surface area contributed by atoms with Gasteiger partial charge in [0.2, 0.25) is 0 Å². The van der Waals surface area contributed by atoms with Gasteiger partial charge in [-0.25, -0.2) is 4.79 Å². The Morgan fingerprint density at radius 1 is 1.82 bits per heavy atom. The van der Waals surface area contributed by atoms with Crippen LogP contribution >= 0.6 is 0 Å². The minimum Gasteiger partial charge on any atom is -0.463 e. The van der Waals surface area contributed by atoms with E-state index in [0.29, 0.717) is 6.42 Å². The number of carbonyl (C=O) groups is 1. The van der Waals surface area contributed by atoms with Crippen molar-refractivity contribution in [2.24, 2.45) is 0 Å². The molecule has 1 rings (SSSR count). The molecule has 0 aliphatic carbocycles. The number of hydrogen-bond acceptors (Lipinski definition) is 2. The normalized spacial score (nSPS) is 10.0. The van der Waals surface area contributed by atoms with Crippen molar-refractivity contribution in [1.29, 1.82) is 0 Å². The second-order valence-electron chi connectivity index (χ2n) is 2.32. The molecule has 0 aliphatic rings. The molecule has 0 saturated heterocycles. The zero-order valence-electron chi connectivity index (χ0n) is 6.53. The van der Waals surface area contributed by atoms with Crippen molar-refractivity contribution in [3.05, 3.63) is 17.5 Å². The highest BCUT2D eigenvalue weighted by Crippen LogP contribution is 2.03. The van der Waals surface area contributed by atoms with E-state index in [1.54, 1.807) is 13.0 Å². The Hall–Kier alpha value is -1.32. The number of carboxylic acid groups (broad SMARTS) is 1. The summed E-state index contributed by atoms with van der Waals surface area (Å²) >= 11 is 0. The highest BCUT2D eigenvalue weighted by Gasteiger charge is 2.08. The quantitative estimate of drug-likeness (QED) is 0.662. The van der Waals surface area contributed by atoms with Crippen LogP contribution in [0.25, 0.3) is 0 Å². The molecule has 4 heteroatoms. The largest absolute Gasteiger partial charge is 0.463 e. The lowest BCUT2D eigenvalue weighted by atomic mass is 10.3. The van der Waals surface area contributed by atoms with Gasteiger partial charge < -0.3 is 5.11 Å². The monoisotopic (exact) mass is 154 g/mol. The SMILES string of the molecule is CCc1cc(C)nn1C(=O)O. The van der Waals surface area contributed by atoms with Crippen LogP contribution in [-0.2, 0) is 6.42 Å².